The Labute approximate surface area is 154 Å². The molecular weight excluding hydrogens is 344 g/mol. The van der Waals surface area contributed by atoms with Crippen molar-refractivity contribution < 1.29 is 9.32 Å². The molecule has 8 nitrogen and oxygen atoms in total. The maximum atomic E-state index is 12.6. The SMILES string of the molecule is CCc1nc(CNC(=O)c2cc(-c3ccncc3)c3cnccc3n2)no1. The average Bonchev–Trinajstić information content (AvgIpc) is 3.20. The van der Waals surface area contributed by atoms with Crippen LogP contribution in [-0.2, 0) is 13.0 Å². The number of rotatable bonds is 5. The number of carbonyl (C=O) groups is 1. The summed E-state index contributed by atoms with van der Waals surface area (Å²) < 4.78 is 5.05. The van der Waals surface area contributed by atoms with Crippen LogP contribution in [0.3, 0.4) is 0 Å². The van der Waals surface area contributed by atoms with Crippen LogP contribution in [0.1, 0.15) is 29.1 Å². The van der Waals surface area contributed by atoms with Crippen molar-refractivity contribution in [2.24, 2.45) is 0 Å². The highest BCUT2D eigenvalue weighted by molar-refractivity contribution is 6.00. The van der Waals surface area contributed by atoms with Crippen molar-refractivity contribution in [1.29, 1.82) is 0 Å². The molecule has 0 aliphatic heterocycles. The quantitative estimate of drug-likeness (QED) is 0.583. The predicted octanol–water partition coefficient (Wildman–Crippen LogP) is 2.57. The Morgan fingerprint density at radius 1 is 1.11 bits per heavy atom. The average molecular weight is 360 g/mol. The molecular formula is C19H16N6O2. The molecule has 0 aliphatic carbocycles. The van der Waals surface area contributed by atoms with Crippen LogP contribution >= 0.6 is 0 Å². The molecule has 4 aromatic heterocycles. The second kappa shape index (κ2) is 7.28. The minimum atomic E-state index is -0.313. The third-order valence-corrected chi connectivity index (χ3v) is 4.05. The monoisotopic (exact) mass is 360 g/mol. The van der Waals surface area contributed by atoms with Gasteiger partial charge in [-0.3, -0.25) is 14.8 Å². The molecule has 0 unspecified atom stereocenters. The van der Waals surface area contributed by atoms with E-state index in [4.69, 9.17) is 4.52 Å². The van der Waals surface area contributed by atoms with Crippen LogP contribution in [0.25, 0.3) is 22.0 Å². The number of pyridine rings is 3. The Morgan fingerprint density at radius 3 is 2.70 bits per heavy atom. The van der Waals surface area contributed by atoms with Crippen molar-refractivity contribution in [3.63, 3.8) is 0 Å². The molecule has 0 saturated heterocycles. The first-order chi connectivity index (χ1) is 13.2. The first kappa shape index (κ1) is 16.8. The van der Waals surface area contributed by atoms with E-state index in [0.717, 1.165) is 16.5 Å². The summed E-state index contributed by atoms with van der Waals surface area (Å²) in [5.41, 5.74) is 2.80. The molecule has 8 heteroatoms. The van der Waals surface area contributed by atoms with E-state index in [-0.39, 0.29) is 12.5 Å². The Hall–Kier alpha value is -3.68. The van der Waals surface area contributed by atoms with Crippen LogP contribution in [0.5, 0.6) is 0 Å². The number of hydrogen-bond acceptors (Lipinski definition) is 7. The first-order valence-corrected chi connectivity index (χ1v) is 8.49. The third-order valence-electron chi connectivity index (χ3n) is 4.05. The second-order valence-corrected chi connectivity index (χ2v) is 5.82. The fraction of sp³-hybridized carbons (Fsp3) is 0.158. The van der Waals surface area contributed by atoms with Gasteiger partial charge in [-0.1, -0.05) is 12.1 Å². The highest BCUT2D eigenvalue weighted by Gasteiger charge is 2.14. The molecule has 4 rings (SSSR count). The van der Waals surface area contributed by atoms with Gasteiger partial charge in [0.2, 0.25) is 5.89 Å². The highest BCUT2D eigenvalue weighted by Crippen LogP contribution is 2.27. The standard InChI is InChI=1S/C19H16N6O2/c1-2-18-24-17(25-27-18)11-22-19(26)16-9-13(12-3-6-20-7-4-12)14-10-21-8-5-15(14)23-16/h3-10H,2,11H2,1H3,(H,22,26). The smallest absolute Gasteiger partial charge is 0.270 e. The number of nitrogens with one attached hydrogen (secondary N) is 1. The van der Waals surface area contributed by atoms with Gasteiger partial charge in [0.1, 0.15) is 5.69 Å². The lowest BCUT2D eigenvalue weighted by atomic mass is 10.0. The third kappa shape index (κ3) is 3.50. The molecule has 0 atom stereocenters. The number of hydrogen-bond donors (Lipinski definition) is 1. The largest absolute Gasteiger partial charge is 0.343 e. The Kier molecular flexibility index (Phi) is 4.52. The highest BCUT2D eigenvalue weighted by atomic mass is 16.5. The van der Waals surface area contributed by atoms with Crippen molar-refractivity contribution in [3.05, 3.63) is 66.5 Å². The Bertz CT molecular complexity index is 1090. The molecule has 4 heterocycles. The number of amides is 1. The van der Waals surface area contributed by atoms with Crippen molar-refractivity contribution in [2.45, 2.75) is 19.9 Å². The zero-order valence-corrected chi connectivity index (χ0v) is 14.6. The van der Waals surface area contributed by atoms with Gasteiger partial charge in [-0.25, -0.2) is 4.98 Å². The lowest BCUT2D eigenvalue weighted by Crippen LogP contribution is -2.24. The summed E-state index contributed by atoms with van der Waals surface area (Å²) in [6.07, 6.45) is 7.46. The lowest BCUT2D eigenvalue weighted by Gasteiger charge is -2.09. The molecule has 0 fully saturated rings. The van der Waals surface area contributed by atoms with E-state index in [1.165, 1.54) is 0 Å². The van der Waals surface area contributed by atoms with Gasteiger partial charge < -0.3 is 9.84 Å². The lowest BCUT2D eigenvalue weighted by molar-refractivity contribution is 0.0945. The van der Waals surface area contributed by atoms with Gasteiger partial charge >= 0.3 is 0 Å². The minimum absolute atomic E-state index is 0.170. The number of aryl methyl sites for hydroxylation is 1. The first-order valence-electron chi connectivity index (χ1n) is 8.49. The summed E-state index contributed by atoms with van der Waals surface area (Å²) in [5, 5.41) is 7.48. The zero-order valence-electron chi connectivity index (χ0n) is 14.6. The van der Waals surface area contributed by atoms with Gasteiger partial charge in [-0.15, -0.1) is 0 Å². The van der Waals surface area contributed by atoms with Crippen LogP contribution in [0.4, 0.5) is 0 Å². The Balaban J connectivity index is 1.66. The molecule has 27 heavy (non-hydrogen) atoms. The van der Waals surface area contributed by atoms with E-state index in [9.17, 15) is 4.79 Å². The van der Waals surface area contributed by atoms with Crippen LogP contribution in [0, 0.1) is 0 Å². The van der Waals surface area contributed by atoms with Gasteiger partial charge in [0.25, 0.3) is 5.91 Å². The van der Waals surface area contributed by atoms with E-state index in [2.05, 4.69) is 30.4 Å². The van der Waals surface area contributed by atoms with Crippen LogP contribution in [0.15, 0.2) is 53.6 Å². The van der Waals surface area contributed by atoms with Crippen LogP contribution < -0.4 is 5.32 Å². The fourth-order valence-corrected chi connectivity index (χ4v) is 2.71. The molecule has 0 bridgehead atoms. The topological polar surface area (TPSA) is 107 Å². The molecule has 1 amide bonds. The zero-order chi connectivity index (χ0) is 18.6. The molecule has 0 aromatic carbocycles. The van der Waals surface area contributed by atoms with Crippen molar-refractivity contribution in [2.75, 3.05) is 0 Å². The molecule has 0 radical (unpaired) electrons. The Morgan fingerprint density at radius 2 is 1.93 bits per heavy atom. The fourth-order valence-electron chi connectivity index (χ4n) is 2.71. The molecule has 0 saturated carbocycles. The van der Waals surface area contributed by atoms with E-state index < -0.39 is 0 Å². The van der Waals surface area contributed by atoms with E-state index in [1.54, 1.807) is 36.9 Å². The summed E-state index contributed by atoms with van der Waals surface area (Å²) >= 11 is 0. The summed E-state index contributed by atoms with van der Waals surface area (Å²) in [6.45, 7) is 2.09. The molecule has 134 valence electrons. The molecule has 1 N–H and O–H groups in total. The van der Waals surface area contributed by atoms with Gasteiger partial charge in [0, 0.05) is 36.6 Å². The maximum absolute atomic E-state index is 12.6. The van der Waals surface area contributed by atoms with Gasteiger partial charge in [-0.2, -0.15) is 4.98 Å². The van der Waals surface area contributed by atoms with E-state index in [0.29, 0.717) is 29.3 Å². The molecule has 0 aliphatic rings. The van der Waals surface area contributed by atoms with Crippen molar-refractivity contribution in [1.82, 2.24) is 30.4 Å². The number of nitrogens with zero attached hydrogens (tertiary/aromatic N) is 5. The summed E-state index contributed by atoms with van der Waals surface area (Å²) in [5.74, 6) is 0.655. The molecule has 0 spiro atoms. The van der Waals surface area contributed by atoms with E-state index >= 15 is 0 Å². The van der Waals surface area contributed by atoms with Crippen LogP contribution in [0.2, 0.25) is 0 Å². The molecule has 4 aromatic rings. The van der Waals surface area contributed by atoms with Gasteiger partial charge in [0.15, 0.2) is 5.82 Å². The van der Waals surface area contributed by atoms with Crippen molar-refractivity contribution in [3.8, 4) is 11.1 Å². The van der Waals surface area contributed by atoms with Crippen LogP contribution in [-0.4, -0.2) is 31.0 Å². The van der Waals surface area contributed by atoms with Gasteiger partial charge in [-0.05, 0) is 35.4 Å². The summed E-state index contributed by atoms with van der Waals surface area (Å²) in [6, 6.07) is 7.30. The maximum Gasteiger partial charge on any atom is 0.270 e. The second-order valence-electron chi connectivity index (χ2n) is 5.82. The summed E-state index contributed by atoms with van der Waals surface area (Å²) in [7, 11) is 0. The van der Waals surface area contributed by atoms with Crippen molar-refractivity contribution >= 4 is 16.8 Å². The number of carbonyl (C=O) groups excluding carboxylic acids is 1. The summed E-state index contributed by atoms with van der Waals surface area (Å²) in [4.78, 5) is 29.5. The normalized spacial score (nSPS) is 10.9. The number of aromatic nitrogens is 5. The number of fused-ring (bicyclic) bond motifs is 1. The minimum Gasteiger partial charge on any atom is -0.343 e. The predicted molar refractivity (Wildman–Crippen MR) is 97.6 cm³/mol. The van der Waals surface area contributed by atoms with Gasteiger partial charge in [0.05, 0.1) is 12.1 Å². The van der Waals surface area contributed by atoms with E-state index in [1.807, 2.05) is 19.1 Å².